The highest BCUT2D eigenvalue weighted by Gasteiger charge is 2.26. The number of carbonyl (C=O) groups excluding carboxylic acids is 2. The fraction of sp³-hybridized carbons (Fsp3) is 0.273. The van der Waals surface area contributed by atoms with Crippen molar-refractivity contribution in [3.8, 4) is 0 Å². The van der Waals surface area contributed by atoms with Crippen LogP contribution in [0.4, 0.5) is 0 Å². The molecule has 0 aromatic rings. The number of amides is 2. The van der Waals surface area contributed by atoms with Gasteiger partial charge in [0.2, 0.25) is 0 Å². The van der Waals surface area contributed by atoms with Gasteiger partial charge in [0.05, 0.1) is 0 Å². The standard InChI is InChI=1S/C11H11NO2/c1-8-2-4-9(5-3-8)12-10(13)6-7-11(12)14/h2,4-8H,3H2,1H3. The van der Waals surface area contributed by atoms with Gasteiger partial charge in [0.1, 0.15) is 0 Å². The molecule has 0 aromatic heterocycles. The Labute approximate surface area is 82.4 Å². The molecule has 3 heteroatoms. The largest absolute Gasteiger partial charge is 0.269 e. The molecular weight excluding hydrogens is 178 g/mol. The monoisotopic (exact) mass is 189 g/mol. The Kier molecular flexibility index (Phi) is 2.08. The van der Waals surface area contributed by atoms with Gasteiger partial charge in [-0.2, -0.15) is 0 Å². The van der Waals surface area contributed by atoms with E-state index in [4.69, 9.17) is 0 Å². The zero-order chi connectivity index (χ0) is 10.1. The maximum atomic E-state index is 11.3. The average molecular weight is 189 g/mol. The quantitative estimate of drug-likeness (QED) is 0.584. The number of carbonyl (C=O) groups is 2. The second kappa shape index (κ2) is 3.25. The molecule has 1 heterocycles. The second-order valence-corrected chi connectivity index (χ2v) is 3.55. The topological polar surface area (TPSA) is 37.4 Å². The minimum atomic E-state index is -0.250. The van der Waals surface area contributed by atoms with Crippen molar-refractivity contribution in [1.29, 1.82) is 0 Å². The lowest BCUT2D eigenvalue weighted by molar-refractivity contribution is -0.134. The Hall–Kier alpha value is -1.64. The molecule has 0 saturated carbocycles. The van der Waals surface area contributed by atoms with Crippen molar-refractivity contribution in [3.05, 3.63) is 36.1 Å². The van der Waals surface area contributed by atoms with Gasteiger partial charge in [-0.3, -0.25) is 9.59 Å². The summed E-state index contributed by atoms with van der Waals surface area (Å²) >= 11 is 0. The molecule has 72 valence electrons. The number of imide groups is 1. The molecule has 2 rings (SSSR count). The van der Waals surface area contributed by atoms with Crippen LogP contribution in [-0.4, -0.2) is 16.7 Å². The number of nitrogens with zero attached hydrogens (tertiary/aromatic N) is 1. The number of hydrogen-bond acceptors (Lipinski definition) is 2. The van der Waals surface area contributed by atoms with Gasteiger partial charge in [-0.1, -0.05) is 19.1 Å². The highest BCUT2D eigenvalue weighted by molar-refractivity contribution is 6.14. The van der Waals surface area contributed by atoms with E-state index in [0.29, 0.717) is 11.6 Å². The van der Waals surface area contributed by atoms with Crippen molar-refractivity contribution in [2.45, 2.75) is 13.3 Å². The Morgan fingerprint density at radius 1 is 1.21 bits per heavy atom. The third-order valence-electron chi connectivity index (χ3n) is 2.36. The predicted molar refractivity (Wildman–Crippen MR) is 52.0 cm³/mol. The lowest BCUT2D eigenvalue weighted by Gasteiger charge is -2.19. The molecule has 0 fully saturated rings. The van der Waals surface area contributed by atoms with Crippen molar-refractivity contribution < 1.29 is 9.59 Å². The zero-order valence-electron chi connectivity index (χ0n) is 7.93. The molecule has 1 aliphatic carbocycles. The van der Waals surface area contributed by atoms with Gasteiger partial charge in [-0.15, -0.1) is 0 Å². The fourth-order valence-corrected chi connectivity index (χ4v) is 1.54. The van der Waals surface area contributed by atoms with Crippen LogP contribution in [0.15, 0.2) is 36.1 Å². The first-order valence-corrected chi connectivity index (χ1v) is 4.63. The van der Waals surface area contributed by atoms with Gasteiger partial charge < -0.3 is 0 Å². The van der Waals surface area contributed by atoms with E-state index in [0.717, 1.165) is 6.42 Å². The van der Waals surface area contributed by atoms with E-state index < -0.39 is 0 Å². The van der Waals surface area contributed by atoms with Crippen LogP contribution in [0.3, 0.4) is 0 Å². The first-order chi connectivity index (χ1) is 6.68. The Morgan fingerprint density at radius 3 is 2.36 bits per heavy atom. The van der Waals surface area contributed by atoms with E-state index in [-0.39, 0.29) is 11.8 Å². The van der Waals surface area contributed by atoms with Gasteiger partial charge in [0.15, 0.2) is 0 Å². The summed E-state index contributed by atoms with van der Waals surface area (Å²) in [6.45, 7) is 2.09. The molecule has 0 bridgehead atoms. The van der Waals surface area contributed by atoms with Crippen LogP contribution < -0.4 is 0 Å². The SMILES string of the molecule is CC1C=CC(N2C(=O)C=CC2=O)=CC1. The molecule has 0 radical (unpaired) electrons. The van der Waals surface area contributed by atoms with Crippen molar-refractivity contribution in [2.24, 2.45) is 5.92 Å². The van der Waals surface area contributed by atoms with E-state index in [1.165, 1.54) is 17.1 Å². The van der Waals surface area contributed by atoms with Gasteiger partial charge in [0, 0.05) is 17.8 Å². The summed E-state index contributed by atoms with van der Waals surface area (Å²) in [4.78, 5) is 23.8. The summed E-state index contributed by atoms with van der Waals surface area (Å²) in [5, 5.41) is 0. The molecule has 0 spiro atoms. The normalized spacial score (nSPS) is 25.9. The molecule has 0 N–H and O–H groups in total. The average Bonchev–Trinajstić information content (AvgIpc) is 2.49. The maximum absolute atomic E-state index is 11.3. The van der Waals surface area contributed by atoms with Crippen LogP contribution in [0.5, 0.6) is 0 Å². The van der Waals surface area contributed by atoms with E-state index in [2.05, 4.69) is 6.92 Å². The van der Waals surface area contributed by atoms with E-state index in [9.17, 15) is 9.59 Å². The van der Waals surface area contributed by atoms with Crippen LogP contribution in [0.1, 0.15) is 13.3 Å². The van der Waals surface area contributed by atoms with Crippen LogP contribution in [0.25, 0.3) is 0 Å². The molecular formula is C11H11NO2. The van der Waals surface area contributed by atoms with Crippen LogP contribution >= 0.6 is 0 Å². The van der Waals surface area contributed by atoms with E-state index >= 15 is 0 Å². The maximum Gasteiger partial charge on any atom is 0.258 e. The van der Waals surface area contributed by atoms with E-state index in [1.54, 1.807) is 0 Å². The lowest BCUT2D eigenvalue weighted by atomic mass is 10.0. The molecule has 0 aromatic carbocycles. The highest BCUT2D eigenvalue weighted by Crippen LogP contribution is 2.21. The smallest absolute Gasteiger partial charge is 0.258 e. The Bertz CT molecular complexity index is 359. The minimum Gasteiger partial charge on any atom is -0.269 e. The molecule has 0 saturated heterocycles. The van der Waals surface area contributed by atoms with E-state index in [1.807, 2.05) is 18.2 Å². The first-order valence-electron chi connectivity index (χ1n) is 4.63. The summed E-state index contributed by atoms with van der Waals surface area (Å²) in [5.41, 5.74) is 0.697. The Morgan fingerprint density at radius 2 is 1.86 bits per heavy atom. The molecule has 14 heavy (non-hydrogen) atoms. The third kappa shape index (κ3) is 1.41. The lowest BCUT2D eigenvalue weighted by Crippen LogP contribution is -2.29. The summed E-state index contributed by atoms with van der Waals surface area (Å²) in [5.74, 6) is -0.0135. The number of hydrogen-bond donors (Lipinski definition) is 0. The molecule has 1 atom stereocenters. The minimum absolute atomic E-state index is 0.250. The first kappa shape index (κ1) is 8.94. The summed E-state index contributed by atoms with van der Waals surface area (Å²) in [6, 6.07) is 0. The molecule has 2 amide bonds. The fourth-order valence-electron chi connectivity index (χ4n) is 1.54. The van der Waals surface area contributed by atoms with Crippen molar-refractivity contribution in [1.82, 2.24) is 4.90 Å². The molecule has 2 aliphatic rings. The highest BCUT2D eigenvalue weighted by atomic mass is 16.2. The Balaban J connectivity index is 2.21. The number of rotatable bonds is 1. The van der Waals surface area contributed by atoms with Gasteiger partial charge in [-0.05, 0) is 18.4 Å². The van der Waals surface area contributed by atoms with Crippen LogP contribution in [-0.2, 0) is 9.59 Å². The predicted octanol–water partition coefficient (Wildman–Crippen LogP) is 1.39. The zero-order valence-corrected chi connectivity index (χ0v) is 7.93. The summed E-state index contributed by atoms with van der Waals surface area (Å²) in [6.07, 6.45) is 9.24. The number of allylic oxidation sites excluding steroid dienone is 3. The summed E-state index contributed by atoms with van der Waals surface area (Å²) < 4.78 is 0. The van der Waals surface area contributed by atoms with Crippen LogP contribution in [0.2, 0.25) is 0 Å². The summed E-state index contributed by atoms with van der Waals surface area (Å²) in [7, 11) is 0. The third-order valence-corrected chi connectivity index (χ3v) is 2.36. The molecule has 3 nitrogen and oxygen atoms in total. The van der Waals surface area contributed by atoms with Crippen molar-refractivity contribution >= 4 is 11.8 Å². The second-order valence-electron chi connectivity index (χ2n) is 3.55. The van der Waals surface area contributed by atoms with Crippen molar-refractivity contribution in [3.63, 3.8) is 0 Å². The molecule has 1 unspecified atom stereocenters. The molecule has 1 aliphatic heterocycles. The van der Waals surface area contributed by atoms with Crippen LogP contribution in [0, 0.1) is 5.92 Å². The van der Waals surface area contributed by atoms with Gasteiger partial charge in [-0.25, -0.2) is 4.90 Å². The van der Waals surface area contributed by atoms with Gasteiger partial charge in [0.25, 0.3) is 11.8 Å². The van der Waals surface area contributed by atoms with Crippen molar-refractivity contribution in [2.75, 3.05) is 0 Å². The van der Waals surface area contributed by atoms with Gasteiger partial charge >= 0.3 is 0 Å².